The van der Waals surface area contributed by atoms with E-state index in [1.807, 2.05) is 17.7 Å². The Hall–Kier alpha value is -3.66. The summed E-state index contributed by atoms with van der Waals surface area (Å²) in [7, 11) is 1.87. The molecule has 0 saturated heterocycles. The Balaban J connectivity index is 1.32. The van der Waals surface area contributed by atoms with Gasteiger partial charge in [-0.3, -0.25) is 9.78 Å². The van der Waals surface area contributed by atoms with Crippen LogP contribution in [0.15, 0.2) is 43.1 Å². The molecule has 0 saturated carbocycles. The van der Waals surface area contributed by atoms with E-state index in [1.165, 1.54) is 17.4 Å². The molecule has 3 aromatic heterocycles. The maximum absolute atomic E-state index is 12.3. The lowest BCUT2D eigenvalue weighted by Gasteiger charge is -2.22. The van der Waals surface area contributed by atoms with Gasteiger partial charge in [0.15, 0.2) is 0 Å². The highest BCUT2D eigenvalue weighted by molar-refractivity contribution is 7.17. The smallest absolute Gasteiger partial charge is 0.407 e. The molecule has 2 amide bonds. The molecule has 0 radical (unpaired) electrons. The average Bonchev–Trinajstić information content (AvgIpc) is 3.34. The maximum atomic E-state index is 12.3. The fraction of sp³-hybridized carbons (Fsp3) is 0.273. The first-order valence-corrected chi connectivity index (χ1v) is 11.0. The van der Waals surface area contributed by atoms with Crippen LogP contribution >= 0.6 is 11.3 Å². The number of fused-ring (bicyclic) bond motifs is 1. The zero-order valence-corrected chi connectivity index (χ0v) is 18.4. The van der Waals surface area contributed by atoms with E-state index >= 15 is 0 Å². The first-order chi connectivity index (χ1) is 15.5. The maximum Gasteiger partial charge on any atom is 0.407 e. The highest BCUT2D eigenvalue weighted by Gasteiger charge is 2.27. The van der Waals surface area contributed by atoms with Crippen LogP contribution in [0.25, 0.3) is 6.08 Å². The van der Waals surface area contributed by atoms with Gasteiger partial charge in [-0.1, -0.05) is 6.07 Å². The topological polar surface area (TPSA) is 124 Å². The van der Waals surface area contributed by atoms with Gasteiger partial charge < -0.3 is 25.7 Å². The number of ether oxygens (including phenoxy) is 1. The van der Waals surface area contributed by atoms with Gasteiger partial charge in [-0.05, 0) is 36.1 Å². The molecule has 1 aliphatic carbocycles. The summed E-state index contributed by atoms with van der Waals surface area (Å²) in [5.41, 5.74) is 9.61. The van der Waals surface area contributed by atoms with Gasteiger partial charge in [-0.15, -0.1) is 11.3 Å². The van der Waals surface area contributed by atoms with Crippen molar-refractivity contribution >= 4 is 40.1 Å². The standard InChI is InChI=1S/C22H24N6O3S/c1-28-13-25-11-15(28)12-26-22(30)31-16-5-6-17-18(9-16)32-21(20(17)23)27-19(29)7-4-14-3-2-8-24-10-14/h2-4,7-8,10-11,13,16H,5-6,9,12,23H2,1H3,(H,26,30)(H,27,29)/b7-4+. The fourth-order valence-corrected chi connectivity index (χ4v) is 4.72. The number of imidazole rings is 1. The molecular weight excluding hydrogens is 428 g/mol. The number of aryl methyl sites for hydroxylation is 1. The quantitative estimate of drug-likeness (QED) is 0.494. The van der Waals surface area contributed by atoms with Crippen molar-refractivity contribution in [3.8, 4) is 0 Å². The monoisotopic (exact) mass is 452 g/mol. The van der Waals surface area contributed by atoms with E-state index < -0.39 is 6.09 Å². The molecule has 1 atom stereocenters. The molecule has 32 heavy (non-hydrogen) atoms. The molecule has 0 fully saturated rings. The van der Waals surface area contributed by atoms with Crippen molar-refractivity contribution in [1.29, 1.82) is 0 Å². The van der Waals surface area contributed by atoms with E-state index in [4.69, 9.17) is 10.5 Å². The Morgan fingerprint density at radius 1 is 1.38 bits per heavy atom. The summed E-state index contributed by atoms with van der Waals surface area (Å²) in [6.07, 6.45) is 11.1. The number of hydrogen-bond acceptors (Lipinski definition) is 7. The van der Waals surface area contributed by atoms with Crippen LogP contribution < -0.4 is 16.4 Å². The zero-order valence-electron chi connectivity index (χ0n) is 17.6. The van der Waals surface area contributed by atoms with Gasteiger partial charge in [0.25, 0.3) is 0 Å². The third-order valence-corrected chi connectivity index (χ3v) is 6.40. The molecular formula is C22H24N6O3S. The van der Waals surface area contributed by atoms with Gasteiger partial charge in [0.05, 0.1) is 24.3 Å². The second-order valence-electron chi connectivity index (χ2n) is 7.48. The van der Waals surface area contributed by atoms with Gasteiger partial charge in [0, 0.05) is 43.0 Å². The fourth-order valence-electron chi connectivity index (χ4n) is 3.48. The van der Waals surface area contributed by atoms with Crippen molar-refractivity contribution in [2.75, 3.05) is 11.1 Å². The molecule has 0 aliphatic heterocycles. The number of rotatable bonds is 6. The second-order valence-corrected chi connectivity index (χ2v) is 8.58. The van der Waals surface area contributed by atoms with Crippen molar-refractivity contribution in [3.05, 3.63) is 64.8 Å². The molecule has 0 spiro atoms. The average molecular weight is 453 g/mol. The minimum Gasteiger partial charge on any atom is -0.446 e. The van der Waals surface area contributed by atoms with Crippen molar-refractivity contribution in [3.63, 3.8) is 0 Å². The SMILES string of the molecule is Cn1cncc1CNC(=O)OC1CCc2c(sc(NC(=O)/C=C/c3cccnc3)c2N)C1. The highest BCUT2D eigenvalue weighted by Crippen LogP contribution is 2.40. The number of anilines is 2. The zero-order chi connectivity index (χ0) is 22.5. The predicted molar refractivity (Wildman–Crippen MR) is 123 cm³/mol. The van der Waals surface area contributed by atoms with Crippen LogP contribution in [-0.4, -0.2) is 32.6 Å². The molecule has 0 aromatic carbocycles. The minimum absolute atomic E-state index is 0.235. The molecule has 166 valence electrons. The Morgan fingerprint density at radius 3 is 3.00 bits per heavy atom. The number of nitrogen functional groups attached to an aromatic ring is 1. The van der Waals surface area contributed by atoms with Crippen LogP contribution in [0.1, 0.15) is 28.1 Å². The van der Waals surface area contributed by atoms with E-state index in [2.05, 4.69) is 20.6 Å². The summed E-state index contributed by atoms with van der Waals surface area (Å²) in [4.78, 5) is 33.6. The molecule has 4 rings (SSSR count). The number of alkyl carbamates (subject to hydrolysis) is 1. The first kappa shape index (κ1) is 21.6. The van der Waals surface area contributed by atoms with Crippen LogP contribution in [0.4, 0.5) is 15.5 Å². The Kier molecular flexibility index (Phi) is 6.50. The van der Waals surface area contributed by atoms with Crippen LogP contribution in [0, 0.1) is 0 Å². The van der Waals surface area contributed by atoms with E-state index in [1.54, 1.807) is 37.1 Å². The van der Waals surface area contributed by atoms with E-state index in [0.29, 0.717) is 36.5 Å². The number of nitrogens with one attached hydrogen (secondary N) is 2. The molecule has 1 unspecified atom stereocenters. The number of hydrogen-bond donors (Lipinski definition) is 3. The molecule has 10 heteroatoms. The van der Waals surface area contributed by atoms with Crippen molar-refractivity contribution in [2.24, 2.45) is 7.05 Å². The number of thiophene rings is 1. The summed E-state index contributed by atoms with van der Waals surface area (Å²) < 4.78 is 7.42. The van der Waals surface area contributed by atoms with Crippen LogP contribution in [0.5, 0.6) is 0 Å². The van der Waals surface area contributed by atoms with Gasteiger partial charge >= 0.3 is 6.09 Å². The van der Waals surface area contributed by atoms with Crippen molar-refractivity contribution in [2.45, 2.75) is 31.9 Å². The van der Waals surface area contributed by atoms with Crippen LogP contribution in [-0.2, 0) is 36.0 Å². The highest BCUT2D eigenvalue weighted by atomic mass is 32.1. The predicted octanol–water partition coefficient (Wildman–Crippen LogP) is 2.89. The lowest BCUT2D eigenvalue weighted by atomic mass is 9.95. The van der Waals surface area contributed by atoms with Gasteiger partial charge in [-0.2, -0.15) is 0 Å². The summed E-state index contributed by atoms with van der Waals surface area (Å²) in [5, 5.41) is 6.23. The molecule has 3 aromatic rings. The largest absolute Gasteiger partial charge is 0.446 e. The molecule has 0 bridgehead atoms. The summed E-state index contributed by atoms with van der Waals surface area (Å²) >= 11 is 1.43. The van der Waals surface area contributed by atoms with Crippen LogP contribution in [0.2, 0.25) is 0 Å². The molecule has 3 heterocycles. The second kappa shape index (κ2) is 9.65. The summed E-state index contributed by atoms with van der Waals surface area (Å²) in [6, 6.07) is 3.67. The Morgan fingerprint density at radius 2 is 2.25 bits per heavy atom. The van der Waals surface area contributed by atoms with Crippen molar-refractivity contribution in [1.82, 2.24) is 19.9 Å². The minimum atomic E-state index is -0.460. The summed E-state index contributed by atoms with van der Waals surface area (Å²) in [6.45, 7) is 0.349. The summed E-state index contributed by atoms with van der Waals surface area (Å²) in [5.74, 6) is -0.263. The van der Waals surface area contributed by atoms with Crippen LogP contribution in [0.3, 0.4) is 0 Å². The number of nitrogens with zero attached hydrogens (tertiary/aromatic N) is 3. The molecule has 4 N–H and O–H groups in total. The number of nitrogens with two attached hydrogens (primary N) is 1. The molecule has 1 aliphatic rings. The lowest BCUT2D eigenvalue weighted by Crippen LogP contribution is -2.32. The van der Waals surface area contributed by atoms with Crippen molar-refractivity contribution < 1.29 is 14.3 Å². The Bertz CT molecular complexity index is 1140. The van der Waals surface area contributed by atoms with Gasteiger partial charge in [0.2, 0.25) is 5.91 Å². The van der Waals surface area contributed by atoms with E-state index in [-0.39, 0.29) is 12.0 Å². The number of carbonyl (C=O) groups excluding carboxylic acids is 2. The van der Waals surface area contributed by atoms with Gasteiger partial charge in [-0.25, -0.2) is 9.78 Å². The third-order valence-electron chi connectivity index (χ3n) is 5.21. The van der Waals surface area contributed by atoms with Gasteiger partial charge in [0.1, 0.15) is 11.1 Å². The van der Waals surface area contributed by atoms with E-state index in [9.17, 15) is 9.59 Å². The lowest BCUT2D eigenvalue weighted by molar-refractivity contribution is -0.111. The number of amides is 2. The number of aromatic nitrogens is 3. The van der Waals surface area contributed by atoms with E-state index in [0.717, 1.165) is 21.7 Å². The normalized spacial score (nSPS) is 15.3. The first-order valence-electron chi connectivity index (χ1n) is 10.2. The third kappa shape index (κ3) is 5.14. The number of carbonyl (C=O) groups is 2. The molecule has 9 nitrogen and oxygen atoms in total. The Labute approximate surface area is 189 Å². The number of pyridine rings is 1.